The van der Waals surface area contributed by atoms with Gasteiger partial charge in [-0.05, 0) is 36.4 Å². The molecule has 108 valence electrons. The highest BCUT2D eigenvalue weighted by Crippen LogP contribution is 2.14. The summed E-state index contributed by atoms with van der Waals surface area (Å²) in [6, 6.07) is 11.5. The van der Waals surface area contributed by atoms with Crippen molar-refractivity contribution in [2.45, 2.75) is 0 Å². The summed E-state index contributed by atoms with van der Waals surface area (Å²) in [6.45, 7) is 2.80. The van der Waals surface area contributed by atoms with Crippen LogP contribution in [0.5, 0.6) is 0 Å². The summed E-state index contributed by atoms with van der Waals surface area (Å²) < 4.78 is 12.9. The van der Waals surface area contributed by atoms with E-state index in [2.05, 4.69) is 9.88 Å². The summed E-state index contributed by atoms with van der Waals surface area (Å²) >= 11 is 0. The molecule has 0 aliphatic carbocycles. The standard InChI is InChI=1S/C16H16FN3O/c17-14-6-4-13(5-7-14)16(21)20-11-9-19(10-12-20)15-3-1-2-8-18-15/h1-8H,9-12H2. The molecule has 1 aliphatic heterocycles. The molecule has 1 aromatic heterocycles. The molecule has 3 rings (SSSR count). The Morgan fingerprint density at radius 2 is 1.71 bits per heavy atom. The van der Waals surface area contributed by atoms with Gasteiger partial charge in [0.1, 0.15) is 11.6 Å². The van der Waals surface area contributed by atoms with E-state index in [0.29, 0.717) is 18.7 Å². The van der Waals surface area contributed by atoms with Gasteiger partial charge in [0.25, 0.3) is 5.91 Å². The normalized spacial score (nSPS) is 15.1. The summed E-state index contributed by atoms with van der Waals surface area (Å²) in [4.78, 5) is 20.6. The lowest BCUT2D eigenvalue weighted by atomic mass is 10.2. The van der Waals surface area contributed by atoms with Crippen LogP contribution < -0.4 is 4.90 Å². The van der Waals surface area contributed by atoms with Gasteiger partial charge in [-0.25, -0.2) is 9.37 Å². The van der Waals surface area contributed by atoms with Gasteiger partial charge in [0.2, 0.25) is 0 Å². The number of piperazine rings is 1. The van der Waals surface area contributed by atoms with Crippen molar-refractivity contribution in [1.82, 2.24) is 9.88 Å². The minimum atomic E-state index is -0.327. The lowest BCUT2D eigenvalue weighted by Crippen LogP contribution is -2.49. The van der Waals surface area contributed by atoms with Crippen LogP contribution in [-0.4, -0.2) is 42.0 Å². The van der Waals surface area contributed by atoms with Crippen molar-refractivity contribution in [3.63, 3.8) is 0 Å². The molecular weight excluding hydrogens is 269 g/mol. The van der Waals surface area contributed by atoms with Crippen LogP contribution in [0, 0.1) is 5.82 Å². The van der Waals surface area contributed by atoms with Crippen LogP contribution >= 0.6 is 0 Å². The smallest absolute Gasteiger partial charge is 0.253 e. The zero-order valence-corrected chi connectivity index (χ0v) is 11.6. The van der Waals surface area contributed by atoms with E-state index in [0.717, 1.165) is 18.9 Å². The molecule has 1 saturated heterocycles. The predicted octanol–water partition coefficient (Wildman–Crippen LogP) is 2.18. The number of amides is 1. The van der Waals surface area contributed by atoms with E-state index < -0.39 is 0 Å². The first-order chi connectivity index (χ1) is 10.2. The van der Waals surface area contributed by atoms with Crippen LogP contribution in [0.15, 0.2) is 48.7 Å². The molecule has 0 saturated carbocycles. The molecule has 5 heteroatoms. The zero-order valence-electron chi connectivity index (χ0n) is 11.6. The number of benzene rings is 1. The van der Waals surface area contributed by atoms with Gasteiger partial charge in [0.05, 0.1) is 0 Å². The van der Waals surface area contributed by atoms with Crippen molar-refractivity contribution in [3.8, 4) is 0 Å². The molecular formula is C16H16FN3O. The van der Waals surface area contributed by atoms with Crippen molar-refractivity contribution in [2.75, 3.05) is 31.1 Å². The van der Waals surface area contributed by atoms with Crippen LogP contribution in [0.1, 0.15) is 10.4 Å². The molecule has 1 fully saturated rings. The third kappa shape index (κ3) is 3.02. The van der Waals surface area contributed by atoms with Crippen LogP contribution in [0.4, 0.5) is 10.2 Å². The van der Waals surface area contributed by atoms with Crippen molar-refractivity contribution < 1.29 is 9.18 Å². The predicted molar refractivity (Wildman–Crippen MR) is 78.8 cm³/mol. The molecule has 0 spiro atoms. The zero-order chi connectivity index (χ0) is 14.7. The number of halogens is 1. The Balaban J connectivity index is 1.63. The maximum atomic E-state index is 12.9. The van der Waals surface area contributed by atoms with Crippen LogP contribution in [0.25, 0.3) is 0 Å². The van der Waals surface area contributed by atoms with E-state index in [1.807, 2.05) is 18.2 Å². The molecule has 0 radical (unpaired) electrons. The molecule has 0 N–H and O–H groups in total. The van der Waals surface area contributed by atoms with Crippen LogP contribution in [0.3, 0.4) is 0 Å². The highest BCUT2D eigenvalue weighted by molar-refractivity contribution is 5.94. The highest BCUT2D eigenvalue weighted by atomic mass is 19.1. The molecule has 1 aliphatic rings. The van der Waals surface area contributed by atoms with Gasteiger partial charge in [-0.1, -0.05) is 6.07 Å². The number of nitrogens with zero attached hydrogens (tertiary/aromatic N) is 3. The number of carbonyl (C=O) groups is 1. The molecule has 0 atom stereocenters. The van der Waals surface area contributed by atoms with E-state index in [1.54, 1.807) is 11.1 Å². The Hall–Kier alpha value is -2.43. The number of hydrogen-bond acceptors (Lipinski definition) is 3. The van der Waals surface area contributed by atoms with Crippen LogP contribution in [-0.2, 0) is 0 Å². The van der Waals surface area contributed by atoms with Gasteiger partial charge >= 0.3 is 0 Å². The summed E-state index contributed by atoms with van der Waals surface area (Å²) in [5.41, 5.74) is 0.530. The topological polar surface area (TPSA) is 36.4 Å². The number of anilines is 1. The molecule has 0 unspecified atom stereocenters. The van der Waals surface area contributed by atoms with Gasteiger partial charge in [0, 0.05) is 37.9 Å². The van der Waals surface area contributed by atoms with Gasteiger partial charge < -0.3 is 9.80 Å². The summed E-state index contributed by atoms with van der Waals surface area (Å²) in [5.74, 6) is 0.563. The maximum Gasteiger partial charge on any atom is 0.253 e. The molecule has 2 aromatic rings. The molecule has 0 bridgehead atoms. The number of carbonyl (C=O) groups excluding carboxylic acids is 1. The van der Waals surface area contributed by atoms with Crippen molar-refractivity contribution in [1.29, 1.82) is 0 Å². The number of aromatic nitrogens is 1. The lowest BCUT2D eigenvalue weighted by molar-refractivity contribution is 0.0746. The van der Waals surface area contributed by atoms with E-state index in [1.165, 1.54) is 24.3 Å². The minimum Gasteiger partial charge on any atom is -0.353 e. The van der Waals surface area contributed by atoms with Gasteiger partial charge in [-0.15, -0.1) is 0 Å². The Morgan fingerprint density at radius 3 is 2.33 bits per heavy atom. The molecule has 21 heavy (non-hydrogen) atoms. The minimum absolute atomic E-state index is 0.0457. The average Bonchev–Trinajstić information content (AvgIpc) is 2.56. The van der Waals surface area contributed by atoms with Gasteiger partial charge in [-0.3, -0.25) is 4.79 Å². The van der Waals surface area contributed by atoms with E-state index in [4.69, 9.17) is 0 Å². The Kier molecular flexibility index (Phi) is 3.81. The van der Waals surface area contributed by atoms with E-state index in [-0.39, 0.29) is 11.7 Å². The summed E-state index contributed by atoms with van der Waals surface area (Å²) in [6.07, 6.45) is 1.77. The second-order valence-corrected chi connectivity index (χ2v) is 4.97. The van der Waals surface area contributed by atoms with Crippen molar-refractivity contribution >= 4 is 11.7 Å². The lowest BCUT2D eigenvalue weighted by Gasteiger charge is -2.35. The monoisotopic (exact) mass is 285 g/mol. The number of hydrogen-bond donors (Lipinski definition) is 0. The molecule has 2 heterocycles. The maximum absolute atomic E-state index is 12.9. The quantitative estimate of drug-likeness (QED) is 0.848. The second kappa shape index (κ2) is 5.91. The largest absolute Gasteiger partial charge is 0.353 e. The van der Waals surface area contributed by atoms with Crippen LogP contribution in [0.2, 0.25) is 0 Å². The van der Waals surface area contributed by atoms with Gasteiger partial charge in [0.15, 0.2) is 0 Å². The number of pyridine rings is 1. The van der Waals surface area contributed by atoms with Gasteiger partial charge in [-0.2, -0.15) is 0 Å². The van der Waals surface area contributed by atoms with E-state index >= 15 is 0 Å². The summed E-state index contributed by atoms with van der Waals surface area (Å²) in [7, 11) is 0. The third-order valence-corrected chi connectivity index (χ3v) is 3.63. The fraction of sp³-hybridized carbons (Fsp3) is 0.250. The second-order valence-electron chi connectivity index (χ2n) is 4.97. The summed E-state index contributed by atoms with van der Waals surface area (Å²) in [5, 5.41) is 0. The fourth-order valence-corrected chi connectivity index (χ4v) is 2.45. The Morgan fingerprint density at radius 1 is 1.00 bits per heavy atom. The Bertz CT molecular complexity index is 607. The number of rotatable bonds is 2. The molecule has 1 aromatic carbocycles. The van der Waals surface area contributed by atoms with E-state index in [9.17, 15) is 9.18 Å². The Labute approximate surface area is 122 Å². The van der Waals surface area contributed by atoms with Crippen molar-refractivity contribution in [2.24, 2.45) is 0 Å². The first kappa shape index (κ1) is 13.5. The first-order valence-corrected chi connectivity index (χ1v) is 6.95. The third-order valence-electron chi connectivity index (χ3n) is 3.63. The molecule has 4 nitrogen and oxygen atoms in total. The highest BCUT2D eigenvalue weighted by Gasteiger charge is 2.22. The van der Waals surface area contributed by atoms with Crippen molar-refractivity contribution in [3.05, 3.63) is 60.0 Å². The fourth-order valence-electron chi connectivity index (χ4n) is 2.45. The SMILES string of the molecule is O=C(c1ccc(F)cc1)N1CCN(c2ccccn2)CC1. The first-order valence-electron chi connectivity index (χ1n) is 6.95. The molecule has 1 amide bonds. The average molecular weight is 285 g/mol.